The standard InChI is InChI=1S/C16H16FN5O3/c1-25-5-4-22-7-10(13-14(18)19-8-20-15(13)22)9-2-3-12(11(17)6-9)21-16(23)24/h2-3,6-8,21H,4-5H2,1H3,(H,23,24)(H2,18,19,20). The van der Waals surface area contributed by atoms with Crippen molar-refractivity contribution >= 4 is 28.6 Å². The number of rotatable bonds is 5. The van der Waals surface area contributed by atoms with Crippen LogP contribution in [0.25, 0.3) is 22.2 Å². The highest BCUT2D eigenvalue weighted by atomic mass is 19.1. The van der Waals surface area contributed by atoms with E-state index in [2.05, 4.69) is 9.97 Å². The van der Waals surface area contributed by atoms with Crippen LogP contribution in [0.4, 0.5) is 20.7 Å². The molecule has 0 saturated carbocycles. The first-order valence-corrected chi connectivity index (χ1v) is 7.39. The lowest BCUT2D eigenvalue weighted by molar-refractivity contribution is 0.188. The summed E-state index contributed by atoms with van der Waals surface area (Å²) < 4.78 is 21.1. The Hall–Kier alpha value is -3.20. The molecule has 0 saturated heterocycles. The molecule has 0 aliphatic heterocycles. The summed E-state index contributed by atoms with van der Waals surface area (Å²) in [5.41, 5.74) is 7.68. The SMILES string of the molecule is COCCn1cc(-c2ccc(NC(=O)O)c(F)c2)c2c(N)ncnc21. The normalized spacial score (nSPS) is 11.0. The Morgan fingerprint density at radius 3 is 2.92 bits per heavy atom. The van der Waals surface area contributed by atoms with Crippen LogP contribution < -0.4 is 11.1 Å². The van der Waals surface area contributed by atoms with Crippen molar-refractivity contribution in [2.75, 3.05) is 24.8 Å². The van der Waals surface area contributed by atoms with E-state index in [0.29, 0.717) is 35.3 Å². The Morgan fingerprint density at radius 1 is 1.44 bits per heavy atom. The quantitative estimate of drug-likeness (QED) is 0.654. The molecule has 0 atom stereocenters. The van der Waals surface area contributed by atoms with E-state index in [1.165, 1.54) is 18.5 Å². The van der Waals surface area contributed by atoms with Crippen LogP contribution in [0.2, 0.25) is 0 Å². The summed E-state index contributed by atoms with van der Waals surface area (Å²) in [5.74, 6) is -0.405. The molecule has 0 aliphatic carbocycles. The minimum atomic E-state index is -1.33. The second-order valence-corrected chi connectivity index (χ2v) is 5.31. The van der Waals surface area contributed by atoms with Crippen LogP contribution in [-0.4, -0.2) is 39.5 Å². The van der Waals surface area contributed by atoms with Crippen LogP contribution in [0, 0.1) is 5.82 Å². The van der Waals surface area contributed by atoms with Crippen molar-refractivity contribution in [1.82, 2.24) is 14.5 Å². The van der Waals surface area contributed by atoms with Crippen LogP contribution in [0.5, 0.6) is 0 Å². The Bertz CT molecular complexity index is 941. The Labute approximate surface area is 142 Å². The van der Waals surface area contributed by atoms with E-state index < -0.39 is 11.9 Å². The van der Waals surface area contributed by atoms with E-state index in [4.69, 9.17) is 15.6 Å². The van der Waals surface area contributed by atoms with Gasteiger partial charge in [-0.25, -0.2) is 19.2 Å². The van der Waals surface area contributed by atoms with Gasteiger partial charge in [0.1, 0.15) is 23.6 Å². The molecule has 25 heavy (non-hydrogen) atoms. The molecule has 0 unspecified atom stereocenters. The predicted molar refractivity (Wildman–Crippen MR) is 90.9 cm³/mol. The van der Waals surface area contributed by atoms with E-state index in [1.807, 2.05) is 9.88 Å². The lowest BCUT2D eigenvalue weighted by Gasteiger charge is -2.06. The van der Waals surface area contributed by atoms with E-state index in [0.717, 1.165) is 0 Å². The summed E-state index contributed by atoms with van der Waals surface area (Å²) in [7, 11) is 1.60. The number of methoxy groups -OCH3 is 1. The Balaban J connectivity index is 2.12. The number of carboxylic acid groups (broad SMARTS) is 1. The molecule has 1 aromatic carbocycles. The summed E-state index contributed by atoms with van der Waals surface area (Å²) >= 11 is 0. The molecule has 0 spiro atoms. The monoisotopic (exact) mass is 345 g/mol. The van der Waals surface area contributed by atoms with Gasteiger partial charge in [-0.1, -0.05) is 6.07 Å². The molecule has 1 amide bonds. The minimum absolute atomic E-state index is 0.122. The second-order valence-electron chi connectivity index (χ2n) is 5.31. The van der Waals surface area contributed by atoms with Crippen molar-refractivity contribution in [3.63, 3.8) is 0 Å². The molecule has 130 valence electrons. The van der Waals surface area contributed by atoms with Gasteiger partial charge in [0.2, 0.25) is 0 Å². The molecule has 4 N–H and O–H groups in total. The van der Waals surface area contributed by atoms with Crippen LogP contribution in [0.3, 0.4) is 0 Å². The van der Waals surface area contributed by atoms with Gasteiger partial charge in [0, 0.05) is 25.4 Å². The van der Waals surface area contributed by atoms with Crippen molar-refractivity contribution in [3.8, 4) is 11.1 Å². The summed E-state index contributed by atoms with van der Waals surface area (Å²) in [5, 5.41) is 11.3. The lowest BCUT2D eigenvalue weighted by atomic mass is 10.1. The van der Waals surface area contributed by atoms with E-state index >= 15 is 0 Å². The molecule has 3 aromatic rings. The van der Waals surface area contributed by atoms with Gasteiger partial charge in [-0.3, -0.25) is 5.32 Å². The van der Waals surface area contributed by atoms with E-state index in [-0.39, 0.29) is 11.5 Å². The minimum Gasteiger partial charge on any atom is -0.465 e. The average Bonchev–Trinajstić information content (AvgIpc) is 2.94. The van der Waals surface area contributed by atoms with Gasteiger partial charge in [-0.2, -0.15) is 0 Å². The third-order valence-electron chi connectivity index (χ3n) is 3.74. The third-order valence-corrected chi connectivity index (χ3v) is 3.74. The number of anilines is 2. The summed E-state index contributed by atoms with van der Waals surface area (Å²) in [4.78, 5) is 18.9. The molecular formula is C16H16FN5O3. The van der Waals surface area contributed by atoms with Crippen molar-refractivity contribution < 1.29 is 19.0 Å². The number of aromatic nitrogens is 3. The number of amides is 1. The lowest BCUT2D eigenvalue weighted by Crippen LogP contribution is -2.08. The number of nitrogen functional groups attached to an aromatic ring is 1. The third kappa shape index (κ3) is 3.22. The Morgan fingerprint density at radius 2 is 2.24 bits per heavy atom. The molecule has 0 fully saturated rings. The van der Waals surface area contributed by atoms with E-state index in [9.17, 15) is 9.18 Å². The molecule has 0 radical (unpaired) electrons. The average molecular weight is 345 g/mol. The van der Waals surface area contributed by atoms with Crippen LogP contribution in [0.15, 0.2) is 30.7 Å². The molecule has 2 aromatic heterocycles. The van der Waals surface area contributed by atoms with E-state index in [1.54, 1.807) is 19.4 Å². The number of benzene rings is 1. The number of nitrogens with zero attached hydrogens (tertiary/aromatic N) is 3. The van der Waals surface area contributed by atoms with Crippen molar-refractivity contribution in [3.05, 3.63) is 36.5 Å². The fourth-order valence-corrected chi connectivity index (χ4v) is 2.63. The zero-order chi connectivity index (χ0) is 18.0. The number of carbonyl (C=O) groups is 1. The van der Waals surface area contributed by atoms with Gasteiger partial charge in [-0.15, -0.1) is 0 Å². The maximum Gasteiger partial charge on any atom is 0.409 e. The molecule has 0 bridgehead atoms. The second kappa shape index (κ2) is 6.73. The Kier molecular flexibility index (Phi) is 4.48. The fraction of sp³-hybridized carbons (Fsp3) is 0.188. The van der Waals surface area contributed by atoms with Gasteiger partial charge >= 0.3 is 6.09 Å². The number of nitrogens with one attached hydrogen (secondary N) is 1. The number of halogens is 1. The maximum absolute atomic E-state index is 14.2. The van der Waals surface area contributed by atoms with Crippen LogP contribution in [0.1, 0.15) is 0 Å². The van der Waals surface area contributed by atoms with Gasteiger partial charge < -0.3 is 20.1 Å². The number of ether oxygens (including phenoxy) is 1. The molecule has 0 aliphatic rings. The van der Waals surface area contributed by atoms with Gasteiger partial charge in [0.25, 0.3) is 0 Å². The van der Waals surface area contributed by atoms with Crippen LogP contribution >= 0.6 is 0 Å². The topological polar surface area (TPSA) is 115 Å². The molecular weight excluding hydrogens is 329 g/mol. The molecule has 9 heteroatoms. The zero-order valence-electron chi connectivity index (χ0n) is 13.4. The van der Waals surface area contributed by atoms with Crippen LogP contribution in [-0.2, 0) is 11.3 Å². The number of hydrogen-bond acceptors (Lipinski definition) is 5. The summed E-state index contributed by atoms with van der Waals surface area (Å²) in [6, 6.07) is 4.21. The highest BCUT2D eigenvalue weighted by Crippen LogP contribution is 2.34. The largest absolute Gasteiger partial charge is 0.465 e. The first-order chi connectivity index (χ1) is 12.0. The molecule has 8 nitrogen and oxygen atoms in total. The fourth-order valence-electron chi connectivity index (χ4n) is 2.63. The first-order valence-electron chi connectivity index (χ1n) is 7.39. The van der Waals surface area contributed by atoms with Crippen molar-refractivity contribution in [2.45, 2.75) is 6.54 Å². The van der Waals surface area contributed by atoms with Gasteiger partial charge in [0.05, 0.1) is 17.7 Å². The highest BCUT2D eigenvalue weighted by molar-refractivity contribution is 6.00. The molecule has 3 rings (SSSR count). The number of fused-ring (bicyclic) bond motifs is 1. The maximum atomic E-state index is 14.2. The molecule has 2 heterocycles. The number of nitrogens with two attached hydrogens (primary N) is 1. The smallest absolute Gasteiger partial charge is 0.409 e. The summed E-state index contributed by atoms with van der Waals surface area (Å²) in [6.07, 6.45) is 1.83. The summed E-state index contributed by atoms with van der Waals surface area (Å²) in [6.45, 7) is 1.02. The zero-order valence-corrected chi connectivity index (χ0v) is 13.4. The highest BCUT2D eigenvalue weighted by Gasteiger charge is 2.16. The van der Waals surface area contributed by atoms with Gasteiger partial charge in [0.15, 0.2) is 0 Å². The van der Waals surface area contributed by atoms with Gasteiger partial charge in [-0.05, 0) is 17.7 Å². The first kappa shape index (κ1) is 16.7. The number of hydrogen-bond donors (Lipinski definition) is 3. The predicted octanol–water partition coefficient (Wildman–Crippen LogP) is 2.56. The van der Waals surface area contributed by atoms with Crippen molar-refractivity contribution in [1.29, 1.82) is 0 Å². The van der Waals surface area contributed by atoms with Crippen molar-refractivity contribution in [2.24, 2.45) is 0 Å².